The van der Waals surface area contributed by atoms with Crippen molar-refractivity contribution in [3.05, 3.63) is 58.4 Å². The number of primary amides is 1. The third-order valence-electron chi connectivity index (χ3n) is 2.82. The van der Waals surface area contributed by atoms with E-state index in [1.165, 1.54) is 12.1 Å². The first-order valence-electron chi connectivity index (χ1n) is 5.36. The second-order valence-corrected chi connectivity index (χ2v) is 4.35. The lowest BCUT2D eigenvalue weighted by molar-refractivity contribution is 0.0999. The zero-order valence-corrected chi connectivity index (χ0v) is 10.5. The number of benzene rings is 2. The maximum absolute atomic E-state index is 13.9. The maximum Gasteiger partial charge on any atom is 0.248 e. The van der Waals surface area contributed by atoms with Gasteiger partial charge in [0.1, 0.15) is 5.82 Å². The van der Waals surface area contributed by atoms with Gasteiger partial charge in [-0.15, -0.1) is 0 Å². The molecule has 2 aromatic carbocycles. The van der Waals surface area contributed by atoms with Crippen LogP contribution in [-0.4, -0.2) is 5.91 Å². The molecule has 0 aromatic heterocycles. The van der Waals surface area contributed by atoms with E-state index in [4.69, 9.17) is 17.3 Å². The van der Waals surface area contributed by atoms with Crippen molar-refractivity contribution in [2.45, 2.75) is 6.92 Å². The number of rotatable bonds is 2. The Morgan fingerprint density at radius 1 is 1.22 bits per heavy atom. The van der Waals surface area contributed by atoms with Gasteiger partial charge in [0.2, 0.25) is 5.91 Å². The van der Waals surface area contributed by atoms with Crippen molar-refractivity contribution < 1.29 is 9.18 Å². The van der Waals surface area contributed by atoms with E-state index in [9.17, 15) is 9.18 Å². The van der Waals surface area contributed by atoms with E-state index >= 15 is 0 Å². The van der Waals surface area contributed by atoms with Gasteiger partial charge in [-0.1, -0.05) is 29.8 Å². The molecule has 1 amide bonds. The van der Waals surface area contributed by atoms with Gasteiger partial charge in [-0.3, -0.25) is 4.79 Å². The summed E-state index contributed by atoms with van der Waals surface area (Å²) in [5.74, 6) is -1.01. The van der Waals surface area contributed by atoms with Crippen LogP contribution in [-0.2, 0) is 0 Å². The van der Waals surface area contributed by atoms with Gasteiger partial charge in [-0.25, -0.2) is 4.39 Å². The highest BCUT2D eigenvalue weighted by Crippen LogP contribution is 2.33. The molecule has 0 bridgehead atoms. The standard InChI is InChI=1S/C14H11ClFNO/c1-8-9(14(17)18)6-7-12(16)13(8)10-4-2-3-5-11(10)15/h2-7H,1H3,(H2,17,18). The van der Waals surface area contributed by atoms with E-state index in [0.717, 1.165) is 0 Å². The summed E-state index contributed by atoms with van der Waals surface area (Å²) in [5, 5.41) is 0.432. The van der Waals surface area contributed by atoms with Crippen molar-refractivity contribution in [3.63, 3.8) is 0 Å². The van der Waals surface area contributed by atoms with Crippen LogP contribution in [0.25, 0.3) is 11.1 Å². The molecule has 0 aliphatic heterocycles. The van der Waals surface area contributed by atoms with Crippen molar-refractivity contribution in [2.24, 2.45) is 5.73 Å². The van der Waals surface area contributed by atoms with Crippen molar-refractivity contribution in [1.29, 1.82) is 0 Å². The number of amides is 1. The molecule has 2 rings (SSSR count). The Bertz CT molecular complexity index is 625. The first-order valence-corrected chi connectivity index (χ1v) is 5.74. The minimum atomic E-state index is -0.583. The number of halogens is 2. The Labute approximate surface area is 109 Å². The summed E-state index contributed by atoms with van der Waals surface area (Å²) >= 11 is 6.05. The Hall–Kier alpha value is -1.87. The fraction of sp³-hybridized carbons (Fsp3) is 0.0714. The second-order valence-electron chi connectivity index (χ2n) is 3.94. The van der Waals surface area contributed by atoms with E-state index in [2.05, 4.69) is 0 Å². The van der Waals surface area contributed by atoms with E-state index in [0.29, 0.717) is 27.3 Å². The molecular weight excluding hydrogens is 253 g/mol. The fourth-order valence-electron chi connectivity index (χ4n) is 1.94. The molecule has 0 aliphatic rings. The minimum Gasteiger partial charge on any atom is -0.366 e. The van der Waals surface area contributed by atoms with Crippen LogP contribution in [0.15, 0.2) is 36.4 Å². The Kier molecular flexibility index (Phi) is 3.34. The molecule has 2 aromatic rings. The summed E-state index contributed by atoms with van der Waals surface area (Å²) in [6.45, 7) is 1.65. The lowest BCUT2D eigenvalue weighted by atomic mass is 9.95. The van der Waals surface area contributed by atoms with Crippen LogP contribution in [0.2, 0.25) is 5.02 Å². The lowest BCUT2D eigenvalue weighted by Crippen LogP contribution is -2.13. The molecule has 0 aliphatic carbocycles. The Morgan fingerprint density at radius 3 is 2.50 bits per heavy atom. The summed E-state index contributed by atoms with van der Waals surface area (Å²) in [5.41, 5.74) is 6.92. The van der Waals surface area contributed by atoms with Crippen molar-refractivity contribution >= 4 is 17.5 Å². The highest BCUT2D eigenvalue weighted by atomic mass is 35.5. The number of hydrogen-bond donors (Lipinski definition) is 1. The van der Waals surface area contributed by atoms with Crippen molar-refractivity contribution in [3.8, 4) is 11.1 Å². The normalized spacial score (nSPS) is 10.4. The molecule has 0 heterocycles. The van der Waals surface area contributed by atoms with E-state index < -0.39 is 11.7 Å². The molecular formula is C14H11ClFNO. The second kappa shape index (κ2) is 4.78. The van der Waals surface area contributed by atoms with Crippen LogP contribution in [0.1, 0.15) is 15.9 Å². The molecule has 0 saturated carbocycles. The third kappa shape index (κ3) is 2.09. The predicted octanol–water partition coefficient (Wildman–Crippen LogP) is 3.55. The number of carbonyl (C=O) groups excluding carboxylic acids is 1. The molecule has 0 spiro atoms. The summed E-state index contributed by atoms with van der Waals surface area (Å²) in [7, 11) is 0. The molecule has 0 radical (unpaired) electrons. The van der Waals surface area contributed by atoms with E-state index in [1.54, 1.807) is 31.2 Å². The molecule has 92 valence electrons. The van der Waals surface area contributed by atoms with Gasteiger partial charge in [-0.2, -0.15) is 0 Å². The van der Waals surface area contributed by atoms with Gasteiger partial charge in [0.05, 0.1) is 0 Å². The van der Waals surface area contributed by atoms with Crippen molar-refractivity contribution in [2.75, 3.05) is 0 Å². The molecule has 0 saturated heterocycles. The van der Waals surface area contributed by atoms with E-state index in [-0.39, 0.29) is 0 Å². The fourth-order valence-corrected chi connectivity index (χ4v) is 2.17. The lowest BCUT2D eigenvalue weighted by Gasteiger charge is -2.12. The van der Waals surface area contributed by atoms with E-state index in [1.807, 2.05) is 0 Å². The predicted molar refractivity (Wildman–Crippen MR) is 70.1 cm³/mol. The SMILES string of the molecule is Cc1c(C(N)=O)ccc(F)c1-c1ccccc1Cl. The Morgan fingerprint density at radius 2 is 1.89 bits per heavy atom. The van der Waals surface area contributed by atoms with Gasteiger partial charge in [0.15, 0.2) is 0 Å². The molecule has 0 fully saturated rings. The first kappa shape index (κ1) is 12.6. The van der Waals surface area contributed by atoms with Crippen LogP contribution in [0.3, 0.4) is 0 Å². The van der Waals surface area contributed by atoms with Gasteiger partial charge in [0.25, 0.3) is 0 Å². The monoisotopic (exact) mass is 263 g/mol. The zero-order chi connectivity index (χ0) is 13.3. The molecule has 18 heavy (non-hydrogen) atoms. The zero-order valence-electron chi connectivity index (χ0n) is 9.71. The molecule has 4 heteroatoms. The average molecular weight is 264 g/mol. The van der Waals surface area contributed by atoms with Gasteiger partial charge in [0, 0.05) is 21.7 Å². The van der Waals surface area contributed by atoms with Crippen LogP contribution in [0.4, 0.5) is 4.39 Å². The number of nitrogens with two attached hydrogens (primary N) is 1. The highest BCUT2D eigenvalue weighted by molar-refractivity contribution is 6.33. The molecule has 0 unspecified atom stereocenters. The molecule has 2 nitrogen and oxygen atoms in total. The van der Waals surface area contributed by atoms with Crippen molar-refractivity contribution in [1.82, 2.24) is 0 Å². The van der Waals surface area contributed by atoms with Crippen LogP contribution in [0, 0.1) is 12.7 Å². The Balaban J connectivity index is 2.75. The first-order chi connectivity index (χ1) is 8.52. The van der Waals surface area contributed by atoms with Gasteiger partial charge >= 0.3 is 0 Å². The third-order valence-corrected chi connectivity index (χ3v) is 3.15. The van der Waals surface area contributed by atoms with Gasteiger partial charge in [-0.05, 0) is 30.7 Å². The minimum absolute atomic E-state index is 0.298. The summed E-state index contributed by atoms with van der Waals surface area (Å²) < 4.78 is 13.9. The number of hydrogen-bond acceptors (Lipinski definition) is 1. The summed E-state index contributed by atoms with van der Waals surface area (Å²) in [4.78, 5) is 11.3. The quantitative estimate of drug-likeness (QED) is 0.885. The summed E-state index contributed by atoms with van der Waals surface area (Å²) in [6.07, 6.45) is 0. The molecule has 2 N–H and O–H groups in total. The van der Waals surface area contributed by atoms with Crippen LogP contribution in [0.5, 0.6) is 0 Å². The topological polar surface area (TPSA) is 43.1 Å². The number of carbonyl (C=O) groups is 1. The van der Waals surface area contributed by atoms with Crippen LogP contribution < -0.4 is 5.73 Å². The van der Waals surface area contributed by atoms with Gasteiger partial charge < -0.3 is 5.73 Å². The highest BCUT2D eigenvalue weighted by Gasteiger charge is 2.16. The summed E-state index contributed by atoms with van der Waals surface area (Å²) in [6, 6.07) is 9.51. The van der Waals surface area contributed by atoms with Crippen LogP contribution >= 0.6 is 11.6 Å². The largest absolute Gasteiger partial charge is 0.366 e. The average Bonchev–Trinajstić information content (AvgIpc) is 2.31. The smallest absolute Gasteiger partial charge is 0.248 e. The molecule has 0 atom stereocenters. The maximum atomic E-state index is 13.9.